The largest absolute Gasteiger partial charge is 0.493 e. The van der Waals surface area contributed by atoms with E-state index in [2.05, 4.69) is 31.7 Å². The predicted octanol–water partition coefficient (Wildman–Crippen LogP) is 2.57. The maximum absolute atomic E-state index is 5.59. The summed E-state index contributed by atoms with van der Waals surface area (Å²) in [5.74, 6) is 3.36. The van der Waals surface area contributed by atoms with Crippen molar-refractivity contribution < 1.29 is 14.2 Å². The Hall–Kier alpha value is -2.90. The molecule has 1 aliphatic rings. The molecule has 1 saturated heterocycles. The second-order valence-electron chi connectivity index (χ2n) is 7.18. The summed E-state index contributed by atoms with van der Waals surface area (Å²) >= 11 is 0. The topological polar surface area (TPSA) is 73.1 Å². The van der Waals surface area contributed by atoms with Gasteiger partial charge in [-0.25, -0.2) is 4.98 Å². The van der Waals surface area contributed by atoms with E-state index < -0.39 is 0 Å². The SMILES string of the molecule is CN=C(NCc1ccc(OC)c(OC)c1OC)N1CCC(C)C(n2ccnc2)C1. The second kappa shape index (κ2) is 9.54. The Morgan fingerprint density at radius 2 is 2.00 bits per heavy atom. The molecule has 1 aromatic carbocycles. The molecular weight excluding hydrogens is 370 g/mol. The fourth-order valence-electron chi connectivity index (χ4n) is 3.90. The van der Waals surface area contributed by atoms with Crippen molar-refractivity contribution in [3.8, 4) is 17.2 Å². The van der Waals surface area contributed by atoms with Crippen LogP contribution < -0.4 is 19.5 Å². The van der Waals surface area contributed by atoms with Crippen molar-refractivity contribution in [2.24, 2.45) is 10.9 Å². The standard InChI is InChI=1S/C21H31N5O3/c1-15-8-10-25(13-17(15)26-11-9-23-14-26)21(22-2)24-12-16-6-7-18(27-3)20(29-5)19(16)28-4/h6-7,9,11,14-15,17H,8,10,12-13H2,1-5H3,(H,22,24). The van der Waals surface area contributed by atoms with Crippen molar-refractivity contribution in [3.63, 3.8) is 0 Å². The first-order valence-corrected chi connectivity index (χ1v) is 9.83. The highest BCUT2D eigenvalue weighted by Crippen LogP contribution is 2.39. The Kier molecular flexibility index (Phi) is 6.85. The van der Waals surface area contributed by atoms with E-state index in [0.29, 0.717) is 35.8 Å². The van der Waals surface area contributed by atoms with Gasteiger partial charge in [0.2, 0.25) is 5.75 Å². The quantitative estimate of drug-likeness (QED) is 0.592. The van der Waals surface area contributed by atoms with E-state index in [0.717, 1.165) is 31.0 Å². The normalized spacial score (nSPS) is 19.8. The minimum absolute atomic E-state index is 0.375. The van der Waals surface area contributed by atoms with Crippen LogP contribution in [-0.2, 0) is 6.54 Å². The molecule has 0 aliphatic carbocycles. The highest BCUT2D eigenvalue weighted by atomic mass is 16.5. The van der Waals surface area contributed by atoms with E-state index in [1.807, 2.05) is 37.9 Å². The summed E-state index contributed by atoms with van der Waals surface area (Å²) < 4.78 is 18.6. The number of rotatable bonds is 6. The lowest BCUT2D eigenvalue weighted by molar-refractivity contribution is 0.189. The van der Waals surface area contributed by atoms with Crippen LogP contribution in [0.2, 0.25) is 0 Å². The predicted molar refractivity (Wildman–Crippen MR) is 113 cm³/mol. The number of aliphatic imine (C=N–C) groups is 1. The summed E-state index contributed by atoms with van der Waals surface area (Å²) in [6.45, 7) is 4.72. The van der Waals surface area contributed by atoms with Gasteiger partial charge in [0.1, 0.15) is 0 Å². The van der Waals surface area contributed by atoms with Crippen LogP contribution in [-0.4, -0.2) is 61.9 Å². The number of nitrogens with zero attached hydrogens (tertiary/aromatic N) is 4. The summed E-state index contributed by atoms with van der Waals surface area (Å²) in [6.07, 6.45) is 6.87. The minimum Gasteiger partial charge on any atom is -0.493 e. The van der Waals surface area contributed by atoms with Gasteiger partial charge in [0.25, 0.3) is 0 Å². The minimum atomic E-state index is 0.375. The number of likely N-dealkylation sites (tertiary alicyclic amines) is 1. The van der Waals surface area contributed by atoms with Gasteiger partial charge in [0, 0.05) is 44.6 Å². The number of hydrogen-bond acceptors (Lipinski definition) is 5. The summed E-state index contributed by atoms with van der Waals surface area (Å²) in [4.78, 5) is 11.0. The molecule has 0 bridgehead atoms. The zero-order valence-corrected chi connectivity index (χ0v) is 17.9. The van der Waals surface area contributed by atoms with Crippen molar-refractivity contribution in [2.45, 2.75) is 25.9 Å². The van der Waals surface area contributed by atoms with Crippen LogP contribution in [0.15, 0.2) is 35.8 Å². The average Bonchev–Trinajstić information content (AvgIpc) is 3.29. The van der Waals surface area contributed by atoms with Crippen LogP contribution in [0.1, 0.15) is 24.9 Å². The Morgan fingerprint density at radius 1 is 1.21 bits per heavy atom. The number of guanidine groups is 1. The molecule has 0 amide bonds. The number of aromatic nitrogens is 2. The summed E-state index contributed by atoms with van der Waals surface area (Å²) in [6, 6.07) is 4.24. The average molecular weight is 402 g/mol. The van der Waals surface area contributed by atoms with E-state index >= 15 is 0 Å². The summed E-state index contributed by atoms with van der Waals surface area (Å²) in [5, 5.41) is 3.47. The van der Waals surface area contributed by atoms with Crippen LogP contribution in [0, 0.1) is 5.92 Å². The molecule has 1 N–H and O–H groups in total. The van der Waals surface area contributed by atoms with Crippen LogP contribution >= 0.6 is 0 Å². The number of imidazole rings is 1. The molecule has 8 heteroatoms. The molecule has 1 fully saturated rings. The molecule has 0 radical (unpaired) electrons. The lowest BCUT2D eigenvalue weighted by Crippen LogP contribution is -2.48. The first-order valence-electron chi connectivity index (χ1n) is 9.83. The molecule has 0 spiro atoms. The van der Waals surface area contributed by atoms with Crippen molar-refractivity contribution in [1.82, 2.24) is 19.8 Å². The monoisotopic (exact) mass is 401 g/mol. The Bertz CT molecular complexity index is 822. The van der Waals surface area contributed by atoms with E-state index in [9.17, 15) is 0 Å². The molecular formula is C21H31N5O3. The molecule has 0 saturated carbocycles. The van der Waals surface area contributed by atoms with Gasteiger partial charge in [-0.2, -0.15) is 0 Å². The first kappa shape index (κ1) is 20.8. The molecule has 2 heterocycles. The van der Waals surface area contributed by atoms with Crippen LogP contribution in [0.3, 0.4) is 0 Å². The van der Waals surface area contributed by atoms with Gasteiger partial charge in [0.05, 0.1) is 33.7 Å². The number of benzene rings is 1. The fraction of sp³-hybridized carbons (Fsp3) is 0.524. The third-order valence-electron chi connectivity index (χ3n) is 5.56. The van der Waals surface area contributed by atoms with Gasteiger partial charge in [-0.15, -0.1) is 0 Å². The van der Waals surface area contributed by atoms with Crippen LogP contribution in [0.25, 0.3) is 0 Å². The maximum Gasteiger partial charge on any atom is 0.203 e. The molecule has 2 unspecified atom stereocenters. The van der Waals surface area contributed by atoms with Crippen LogP contribution in [0.4, 0.5) is 0 Å². The van der Waals surface area contributed by atoms with Crippen molar-refractivity contribution in [1.29, 1.82) is 0 Å². The lowest BCUT2D eigenvalue weighted by atomic mass is 9.93. The molecule has 2 aromatic rings. The summed E-state index contributed by atoms with van der Waals surface area (Å²) in [5.41, 5.74) is 0.975. The van der Waals surface area contributed by atoms with Gasteiger partial charge in [-0.05, 0) is 24.5 Å². The van der Waals surface area contributed by atoms with Gasteiger partial charge < -0.3 is 29.0 Å². The summed E-state index contributed by atoms with van der Waals surface area (Å²) in [7, 11) is 6.68. The Balaban J connectivity index is 1.73. The Labute approximate surface area is 172 Å². The molecule has 3 rings (SSSR count). The molecule has 158 valence electrons. The van der Waals surface area contributed by atoms with E-state index in [1.54, 1.807) is 21.3 Å². The van der Waals surface area contributed by atoms with Crippen molar-refractivity contribution >= 4 is 5.96 Å². The molecule has 2 atom stereocenters. The molecule has 1 aliphatic heterocycles. The zero-order chi connectivity index (χ0) is 20.8. The smallest absolute Gasteiger partial charge is 0.203 e. The first-order chi connectivity index (χ1) is 14.1. The van der Waals surface area contributed by atoms with E-state index in [4.69, 9.17) is 14.2 Å². The number of hydrogen-bond donors (Lipinski definition) is 1. The van der Waals surface area contributed by atoms with Gasteiger partial charge in [-0.1, -0.05) is 6.92 Å². The lowest BCUT2D eigenvalue weighted by Gasteiger charge is -2.39. The number of ether oxygens (including phenoxy) is 3. The fourth-order valence-corrected chi connectivity index (χ4v) is 3.90. The van der Waals surface area contributed by atoms with Gasteiger partial charge in [-0.3, -0.25) is 4.99 Å². The van der Waals surface area contributed by atoms with Crippen molar-refractivity contribution in [3.05, 3.63) is 36.4 Å². The van der Waals surface area contributed by atoms with Gasteiger partial charge in [0.15, 0.2) is 17.5 Å². The highest BCUT2D eigenvalue weighted by Gasteiger charge is 2.29. The number of nitrogens with one attached hydrogen (secondary N) is 1. The van der Waals surface area contributed by atoms with Crippen LogP contribution in [0.5, 0.6) is 17.2 Å². The molecule has 8 nitrogen and oxygen atoms in total. The second-order valence-corrected chi connectivity index (χ2v) is 7.18. The Morgan fingerprint density at radius 3 is 2.62 bits per heavy atom. The number of piperidine rings is 1. The molecule has 1 aromatic heterocycles. The maximum atomic E-state index is 5.59. The van der Waals surface area contributed by atoms with Crippen molar-refractivity contribution in [2.75, 3.05) is 41.5 Å². The molecule has 29 heavy (non-hydrogen) atoms. The van der Waals surface area contributed by atoms with E-state index in [-0.39, 0.29) is 0 Å². The third kappa shape index (κ3) is 4.41. The van der Waals surface area contributed by atoms with Gasteiger partial charge >= 0.3 is 0 Å². The highest BCUT2D eigenvalue weighted by molar-refractivity contribution is 5.80. The number of methoxy groups -OCH3 is 3. The van der Waals surface area contributed by atoms with E-state index in [1.165, 1.54) is 0 Å². The zero-order valence-electron chi connectivity index (χ0n) is 17.9. The third-order valence-corrected chi connectivity index (χ3v) is 5.56.